The summed E-state index contributed by atoms with van der Waals surface area (Å²) in [6, 6.07) is 1.02. The number of aryl methyl sites for hydroxylation is 1. The van der Waals surface area contributed by atoms with Crippen LogP contribution in [0.4, 0.5) is 0 Å². The molecule has 15 heavy (non-hydrogen) atoms. The minimum absolute atomic E-state index is 0.311. The quantitative estimate of drug-likeness (QED) is 0.809. The van der Waals surface area contributed by atoms with Gasteiger partial charge in [0.25, 0.3) is 0 Å². The van der Waals surface area contributed by atoms with Gasteiger partial charge in [0.05, 0.1) is 0 Å². The van der Waals surface area contributed by atoms with Crippen LogP contribution < -0.4 is 5.32 Å². The molecule has 1 amide bonds. The molecule has 4 nitrogen and oxygen atoms in total. The van der Waals surface area contributed by atoms with Crippen LogP contribution in [0.3, 0.4) is 0 Å². The molecule has 0 saturated heterocycles. The van der Waals surface area contributed by atoms with E-state index in [1.807, 2.05) is 13.0 Å². The number of thiophene rings is 1. The third-order valence-corrected chi connectivity index (χ3v) is 4.04. The number of carboxylic acid groups (broad SMARTS) is 1. The molecule has 1 aromatic heterocycles. The molecular weight excluding hydrogens is 282 g/mol. The van der Waals surface area contributed by atoms with Gasteiger partial charge in [-0.2, -0.15) is 0 Å². The summed E-state index contributed by atoms with van der Waals surface area (Å²) in [5.41, 5.74) is 0. The van der Waals surface area contributed by atoms with Crippen molar-refractivity contribution < 1.29 is 14.7 Å². The van der Waals surface area contributed by atoms with Gasteiger partial charge in [0.15, 0.2) is 0 Å². The van der Waals surface area contributed by atoms with Crippen LogP contribution in [0.25, 0.3) is 0 Å². The average molecular weight is 292 g/mol. The van der Waals surface area contributed by atoms with E-state index in [4.69, 9.17) is 5.11 Å². The van der Waals surface area contributed by atoms with Gasteiger partial charge in [-0.15, -0.1) is 11.3 Å². The van der Waals surface area contributed by atoms with Crippen molar-refractivity contribution in [2.24, 2.45) is 0 Å². The van der Waals surface area contributed by atoms with Crippen LogP contribution in [-0.2, 0) is 16.0 Å². The first-order valence-electron chi connectivity index (χ1n) is 4.22. The number of carboxylic acids is 1. The Morgan fingerprint density at radius 1 is 1.80 bits per heavy atom. The maximum Gasteiger partial charge on any atom is 0.326 e. The molecule has 0 aliphatic rings. The number of aliphatic carboxylic acids is 1. The van der Waals surface area contributed by atoms with Gasteiger partial charge in [0.2, 0.25) is 6.41 Å². The minimum Gasteiger partial charge on any atom is -0.480 e. The fourth-order valence-corrected chi connectivity index (χ4v) is 2.77. The van der Waals surface area contributed by atoms with Gasteiger partial charge in [-0.05, 0) is 28.9 Å². The van der Waals surface area contributed by atoms with Crippen LogP contribution in [0, 0.1) is 6.92 Å². The number of hydrogen-bond acceptors (Lipinski definition) is 3. The Hall–Kier alpha value is -0.880. The van der Waals surface area contributed by atoms with Crippen LogP contribution in [0.5, 0.6) is 0 Å². The first kappa shape index (κ1) is 12.2. The Kier molecular flexibility index (Phi) is 4.28. The lowest BCUT2D eigenvalue weighted by Gasteiger charge is -2.08. The molecule has 1 heterocycles. The molecule has 82 valence electrons. The molecule has 0 radical (unpaired) electrons. The summed E-state index contributed by atoms with van der Waals surface area (Å²) >= 11 is 4.87. The Morgan fingerprint density at radius 2 is 2.47 bits per heavy atom. The predicted octanol–water partition coefficient (Wildman–Crippen LogP) is 1.56. The Balaban J connectivity index is 2.73. The number of carbonyl (C=O) groups is 2. The smallest absolute Gasteiger partial charge is 0.326 e. The maximum atomic E-state index is 10.8. The fourth-order valence-electron chi connectivity index (χ4n) is 1.12. The van der Waals surface area contributed by atoms with Crippen molar-refractivity contribution in [3.05, 3.63) is 20.3 Å². The average Bonchev–Trinajstić information content (AvgIpc) is 2.45. The number of amides is 1. The van der Waals surface area contributed by atoms with E-state index in [1.165, 1.54) is 11.3 Å². The molecule has 0 spiro atoms. The van der Waals surface area contributed by atoms with Crippen molar-refractivity contribution in [3.8, 4) is 0 Å². The van der Waals surface area contributed by atoms with Crippen molar-refractivity contribution in [2.45, 2.75) is 19.4 Å². The van der Waals surface area contributed by atoms with Crippen molar-refractivity contribution >= 4 is 39.6 Å². The Morgan fingerprint density at radius 3 is 2.87 bits per heavy atom. The molecule has 0 bridgehead atoms. The third-order valence-electron chi connectivity index (χ3n) is 1.88. The summed E-state index contributed by atoms with van der Waals surface area (Å²) < 4.78 is 0.970. The van der Waals surface area contributed by atoms with Gasteiger partial charge in [-0.25, -0.2) is 4.79 Å². The summed E-state index contributed by atoms with van der Waals surface area (Å²) in [5, 5.41) is 11.1. The zero-order valence-electron chi connectivity index (χ0n) is 7.99. The van der Waals surface area contributed by atoms with Crippen molar-refractivity contribution in [3.63, 3.8) is 0 Å². The summed E-state index contributed by atoms with van der Waals surface area (Å²) in [4.78, 5) is 23.0. The van der Waals surface area contributed by atoms with Crippen LogP contribution in [0.1, 0.15) is 9.75 Å². The molecule has 0 aliphatic heterocycles. The SMILES string of the molecule is Cc1sc(CC(NC=O)C(=O)O)cc1Br. The highest BCUT2D eigenvalue weighted by atomic mass is 79.9. The first-order chi connectivity index (χ1) is 7.04. The van der Waals surface area contributed by atoms with E-state index in [0.717, 1.165) is 14.2 Å². The van der Waals surface area contributed by atoms with Crippen molar-refractivity contribution in [2.75, 3.05) is 0 Å². The largest absolute Gasteiger partial charge is 0.480 e. The van der Waals surface area contributed by atoms with Crippen LogP contribution in [0.2, 0.25) is 0 Å². The van der Waals surface area contributed by atoms with Gasteiger partial charge >= 0.3 is 5.97 Å². The normalized spacial score (nSPS) is 12.1. The monoisotopic (exact) mass is 291 g/mol. The zero-order valence-corrected chi connectivity index (χ0v) is 10.4. The fraction of sp³-hybridized carbons (Fsp3) is 0.333. The zero-order chi connectivity index (χ0) is 11.4. The van der Waals surface area contributed by atoms with E-state index in [9.17, 15) is 9.59 Å². The lowest BCUT2D eigenvalue weighted by Crippen LogP contribution is -2.37. The Bertz CT molecular complexity index is 358. The highest BCUT2D eigenvalue weighted by molar-refractivity contribution is 9.10. The summed E-state index contributed by atoms with van der Waals surface area (Å²) in [7, 11) is 0. The minimum atomic E-state index is -1.02. The molecule has 1 rings (SSSR count). The topological polar surface area (TPSA) is 66.4 Å². The maximum absolute atomic E-state index is 10.8. The molecular formula is C9H10BrNO3S. The van der Waals surface area contributed by atoms with Gasteiger partial charge in [-0.1, -0.05) is 0 Å². The second-order valence-corrected chi connectivity index (χ2v) is 5.19. The number of rotatable bonds is 5. The highest BCUT2D eigenvalue weighted by Gasteiger charge is 2.18. The van der Waals surface area contributed by atoms with Crippen LogP contribution in [-0.4, -0.2) is 23.5 Å². The van der Waals surface area contributed by atoms with E-state index in [2.05, 4.69) is 21.2 Å². The molecule has 0 aliphatic carbocycles. The van der Waals surface area contributed by atoms with Crippen molar-refractivity contribution in [1.82, 2.24) is 5.32 Å². The molecule has 1 aromatic rings. The second-order valence-electron chi connectivity index (χ2n) is 3.00. The van der Waals surface area contributed by atoms with E-state index in [1.54, 1.807) is 0 Å². The molecule has 0 aromatic carbocycles. The number of carbonyl (C=O) groups excluding carboxylic acids is 1. The number of nitrogens with one attached hydrogen (secondary N) is 1. The predicted molar refractivity (Wildman–Crippen MR) is 61.1 cm³/mol. The van der Waals surface area contributed by atoms with Crippen LogP contribution >= 0.6 is 27.3 Å². The lowest BCUT2D eigenvalue weighted by atomic mass is 10.2. The Labute approximate surface area is 99.4 Å². The van der Waals surface area contributed by atoms with E-state index < -0.39 is 12.0 Å². The molecule has 1 atom stereocenters. The molecule has 6 heteroatoms. The van der Waals surface area contributed by atoms with Gasteiger partial charge in [0.1, 0.15) is 6.04 Å². The lowest BCUT2D eigenvalue weighted by molar-refractivity contribution is -0.140. The first-order valence-corrected chi connectivity index (χ1v) is 5.83. The summed E-state index contributed by atoms with van der Waals surface area (Å²) in [6.07, 6.45) is 0.722. The molecule has 0 fully saturated rings. The molecule has 0 saturated carbocycles. The third kappa shape index (κ3) is 3.32. The second kappa shape index (κ2) is 5.27. The van der Waals surface area contributed by atoms with E-state index >= 15 is 0 Å². The molecule has 2 N–H and O–H groups in total. The van der Waals surface area contributed by atoms with Crippen molar-refractivity contribution in [1.29, 1.82) is 0 Å². The van der Waals surface area contributed by atoms with Gasteiger partial charge in [-0.3, -0.25) is 4.79 Å². The standard InChI is InChI=1S/C9H10BrNO3S/c1-5-7(10)2-6(15-5)3-8(9(13)14)11-4-12/h2,4,8H,3H2,1H3,(H,11,12)(H,13,14). The van der Waals surface area contributed by atoms with Gasteiger partial charge < -0.3 is 10.4 Å². The number of hydrogen-bond donors (Lipinski definition) is 2. The van der Waals surface area contributed by atoms with E-state index in [0.29, 0.717) is 12.8 Å². The van der Waals surface area contributed by atoms with Crippen LogP contribution in [0.15, 0.2) is 10.5 Å². The van der Waals surface area contributed by atoms with Gasteiger partial charge in [0, 0.05) is 20.6 Å². The summed E-state index contributed by atoms with van der Waals surface area (Å²) in [6.45, 7) is 1.95. The van der Waals surface area contributed by atoms with E-state index in [-0.39, 0.29) is 0 Å². The molecule has 1 unspecified atom stereocenters. The highest BCUT2D eigenvalue weighted by Crippen LogP contribution is 2.27. The number of halogens is 1. The summed E-state index contributed by atoms with van der Waals surface area (Å²) in [5.74, 6) is -1.02.